The Morgan fingerprint density at radius 1 is 1.60 bits per heavy atom. The standard InChI is InChI=1S/C11H8FNO2/c1-7-4-10(12)3-2-8(7)5-9(6-13)11(14)15/h2-5H,1H3,(H,14,15). The fourth-order valence-corrected chi connectivity index (χ4v) is 1.10. The Morgan fingerprint density at radius 2 is 2.27 bits per heavy atom. The number of nitriles is 1. The van der Waals surface area contributed by atoms with Crippen molar-refractivity contribution in [1.29, 1.82) is 5.26 Å². The van der Waals surface area contributed by atoms with Crippen molar-refractivity contribution >= 4 is 12.0 Å². The van der Waals surface area contributed by atoms with Gasteiger partial charge in [0.1, 0.15) is 17.5 Å². The minimum Gasteiger partial charge on any atom is -0.477 e. The molecule has 3 nitrogen and oxygen atoms in total. The molecule has 0 spiro atoms. The molecule has 0 radical (unpaired) electrons. The van der Waals surface area contributed by atoms with Crippen LogP contribution in [-0.2, 0) is 4.79 Å². The molecule has 0 bridgehead atoms. The van der Waals surface area contributed by atoms with Gasteiger partial charge in [-0.15, -0.1) is 0 Å². The van der Waals surface area contributed by atoms with Gasteiger partial charge in [0.05, 0.1) is 0 Å². The zero-order valence-corrected chi connectivity index (χ0v) is 7.99. The highest BCUT2D eigenvalue weighted by Gasteiger charge is 2.06. The second kappa shape index (κ2) is 4.38. The van der Waals surface area contributed by atoms with E-state index in [1.165, 1.54) is 24.3 Å². The summed E-state index contributed by atoms with van der Waals surface area (Å²) >= 11 is 0. The van der Waals surface area contributed by atoms with Crippen molar-refractivity contribution in [2.75, 3.05) is 0 Å². The number of carboxylic acids is 1. The van der Waals surface area contributed by atoms with Crippen LogP contribution < -0.4 is 0 Å². The van der Waals surface area contributed by atoms with Crippen LogP contribution in [0.5, 0.6) is 0 Å². The van der Waals surface area contributed by atoms with E-state index in [0.717, 1.165) is 0 Å². The average molecular weight is 205 g/mol. The number of halogens is 1. The Kier molecular flexibility index (Phi) is 3.19. The predicted molar refractivity (Wildman–Crippen MR) is 52.4 cm³/mol. The van der Waals surface area contributed by atoms with Crippen LogP contribution in [0.1, 0.15) is 11.1 Å². The smallest absolute Gasteiger partial charge is 0.346 e. The van der Waals surface area contributed by atoms with Gasteiger partial charge in [-0.1, -0.05) is 6.07 Å². The maximum Gasteiger partial charge on any atom is 0.346 e. The van der Waals surface area contributed by atoms with Crippen LogP contribution >= 0.6 is 0 Å². The van der Waals surface area contributed by atoms with E-state index in [1.807, 2.05) is 0 Å². The minimum atomic E-state index is -1.29. The van der Waals surface area contributed by atoms with E-state index in [1.54, 1.807) is 13.0 Å². The molecule has 0 fully saturated rings. The highest BCUT2D eigenvalue weighted by Crippen LogP contribution is 2.13. The van der Waals surface area contributed by atoms with Crippen LogP contribution in [0.15, 0.2) is 23.8 Å². The lowest BCUT2D eigenvalue weighted by atomic mass is 10.1. The largest absolute Gasteiger partial charge is 0.477 e. The second-order valence-electron chi connectivity index (χ2n) is 2.98. The number of carbonyl (C=O) groups is 1. The molecular weight excluding hydrogens is 197 g/mol. The first-order chi connectivity index (χ1) is 7.04. The first kappa shape index (κ1) is 10.9. The third kappa shape index (κ3) is 2.64. The van der Waals surface area contributed by atoms with Crippen LogP contribution in [0.3, 0.4) is 0 Å². The summed E-state index contributed by atoms with van der Waals surface area (Å²) in [6.07, 6.45) is 1.22. The lowest BCUT2D eigenvalue weighted by molar-refractivity contribution is -0.132. The molecule has 0 atom stereocenters. The molecule has 0 saturated carbocycles. The van der Waals surface area contributed by atoms with Crippen molar-refractivity contribution < 1.29 is 14.3 Å². The maximum atomic E-state index is 12.7. The van der Waals surface area contributed by atoms with Gasteiger partial charge in [0, 0.05) is 0 Å². The lowest BCUT2D eigenvalue weighted by Crippen LogP contribution is -1.98. The normalized spacial score (nSPS) is 10.9. The summed E-state index contributed by atoms with van der Waals surface area (Å²) in [5.74, 6) is -1.68. The fourth-order valence-electron chi connectivity index (χ4n) is 1.10. The molecule has 1 aromatic rings. The average Bonchev–Trinajstić information content (AvgIpc) is 2.16. The van der Waals surface area contributed by atoms with E-state index in [0.29, 0.717) is 11.1 Å². The van der Waals surface area contributed by atoms with Crippen molar-refractivity contribution in [3.63, 3.8) is 0 Å². The van der Waals surface area contributed by atoms with Gasteiger partial charge in [0.15, 0.2) is 0 Å². The Morgan fingerprint density at radius 3 is 2.73 bits per heavy atom. The van der Waals surface area contributed by atoms with Crippen LogP contribution in [0.4, 0.5) is 4.39 Å². The topological polar surface area (TPSA) is 61.1 Å². The van der Waals surface area contributed by atoms with Gasteiger partial charge in [-0.05, 0) is 36.3 Å². The van der Waals surface area contributed by atoms with Crippen LogP contribution in [0, 0.1) is 24.1 Å². The summed E-state index contributed by atoms with van der Waals surface area (Å²) in [6.45, 7) is 1.64. The summed E-state index contributed by atoms with van der Waals surface area (Å²) in [5.41, 5.74) is 0.740. The van der Waals surface area contributed by atoms with Gasteiger partial charge >= 0.3 is 5.97 Å². The van der Waals surface area contributed by atoms with E-state index in [2.05, 4.69) is 0 Å². The molecule has 0 aliphatic carbocycles. The summed E-state index contributed by atoms with van der Waals surface area (Å²) in [4.78, 5) is 10.5. The first-order valence-electron chi connectivity index (χ1n) is 4.16. The second-order valence-corrected chi connectivity index (χ2v) is 2.98. The van der Waals surface area contributed by atoms with Gasteiger partial charge in [0.25, 0.3) is 0 Å². The predicted octanol–water partition coefficient (Wildman–Crippen LogP) is 2.13. The van der Waals surface area contributed by atoms with Crippen molar-refractivity contribution in [3.05, 3.63) is 40.7 Å². The molecule has 0 aromatic heterocycles. The highest BCUT2D eigenvalue weighted by molar-refractivity contribution is 5.96. The van der Waals surface area contributed by atoms with Crippen molar-refractivity contribution in [3.8, 4) is 6.07 Å². The zero-order chi connectivity index (χ0) is 11.4. The number of nitrogens with zero attached hydrogens (tertiary/aromatic N) is 1. The molecular formula is C11H8FNO2. The van der Waals surface area contributed by atoms with E-state index < -0.39 is 11.8 Å². The number of benzene rings is 1. The summed E-state index contributed by atoms with van der Waals surface area (Å²) in [7, 11) is 0. The Bertz CT molecular complexity index is 472. The number of carboxylic acid groups (broad SMARTS) is 1. The Balaban J connectivity index is 3.19. The molecule has 1 N–H and O–H groups in total. The summed E-state index contributed by atoms with van der Waals surface area (Å²) in [6, 6.07) is 5.49. The third-order valence-electron chi connectivity index (χ3n) is 1.88. The van der Waals surface area contributed by atoms with Crippen molar-refractivity contribution in [1.82, 2.24) is 0 Å². The van der Waals surface area contributed by atoms with Gasteiger partial charge in [-0.2, -0.15) is 5.26 Å². The van der Waals surface area contributed by atoms with Gasteiger partial charge in [0.2, 0.25) is 0 Å². The number of aliphatic carboxylic acids is 1. The van der Waals surface area contributed by atoms with E-state index in [4.69, 9.17) is 10.4 Å². The quantitative estimate of drug-likeness (QED) is 0.594. The van der Waals surface area contributed by atoms with Crippen molar-refractivity contribution in [2.24, 2.45) is 0 Å². The maximum absolute atomic E-state index is 12.7. The number of aryl methyl sites for hydroxylation is 1. The number of hydrogen-bond acceptors (Lipinski definition) is 2. The number of rotatable bonds is 2. The highest BCUT2D eigenvalue weighted by atomic mass is 19.1. The SMILES string of the molecule is Cc1cc(F)ccc1C=C(C#N)C(=O)O. The molecule has 0 amide bonds. The molecule has 76 valence electrons. The van der Waals surface area contributed by atoms with Gasteiger partial charge < -0.3 is 5.11 Å². The molecule has 15 heavy (non-hydrogen) atoms. The zero-order valence-electron chi connectivity index (χ0n) is 7.99. The van der Waals surface area contributed by atoms with E-state index >= 15 is 0 Å². The fraction of sp³-hybridized carbons (Fsp3) is 0.0909. The molecule has 0 aliphatic heterocycles. The molecule has 0 heterocycles. The van der Waals surface area contributed by atoms with Crippen LogP contribution in [0.25, 0.3) is 6.08 Å². The molecule has 1 aromatic carbocycles. The molecule has 4 heteroatoms. The molecule has 1 rings (SSSR count). The van der Waals surface area contributed by atoms with Crippen molar-refractivity contribution in [2.45, 2.75) is 6.92 Å². The van der Waals surface area contributed by atoms with Crippen LogP contribution in [-0.4, -0.2) is 11.1 Å². The molecule has 0 saturated heterocycles. The third-order valence-corrected chi connectivity index (χ3v) is 1.88. The Hall–Kier alpha value is -2.15. The number of hydrogen-bond donors (Lipinski definition) is 1. The Labute approximate surface area is 86.1 Å². The van der Waals surface area contributed by atoms with Gasteiger partial charge in [-0.3, -0.25) is 0 Å². The van der Waals surface area contributed by atoms with E-state index in [-0.39, 0.29) is 5.57 Å². The van der Waals surface area contributed by atoms with Crippen LogP contribution in [0.2, 0.25) is 0 Å². The minimum absolute atomic E-state index is 0.371. The van der Waals surface area contributed by atoms with Gasteiger partial charge in [-0.25, -0.2) is 9.18 Å². The summed E-state index contributed by atoms with van der Waals surface area (Å²) in [5, 5.41) is 17.1. The monoisotopic (exact) mass is 205 g/mol. The van der Waals surface area contributed by atoms with E-state index in [9.17, 15) is 9.18 Å². The lowest BCUT2D eigenvalue weighted by Gasteiger charge is -2.00. The molecule has 0 aliphatic rings. The summed E-state index contributed by atoms with van der Waals surface area (Å²) < 4.78 is 12.7. The molecule has 0 unspecified atom stereocenters. The first-order valence-corrected chi connectivity index (χ1v) is 4.16.